The summed E-state index contributed by atoms with van der Waals surface area (Å²) in [6.45, 7) is 1.74. The number of carbonyl (C=O) groups excluding carboxylic acids is 1. The zero-order chi connectivity index (χ0) is 14.2. The Morgan fingerprint density at radius 1 is 1.47 bits per heavy atom. The van der Waals surface area contributed by atoms with E-state index in [1.807, 2.05) is 0 Å². The number of aromatic nitrogens is 2. The smallest absolute Gasteiger partial charge is 0.248 e. The van der Waals surface area contributed by atoms with Crippen molar-refractivity contribution in [1.29, 1.82) is 0 Å². The van der Waals surface area contributed by atoms with Crippen molar-refractivity contribution in [2.24, 2.45) is 13.0 Å². The van der Waals surface area contributed by atoms with E-state index in [4.69, 9.17) is 5.73 Å². The number of amides is 1. The largest absolute Gasteiger partial charge is 0.394 e. The zero-order valence-electron chi connectivity index (χ0n) is 11.0. The van der Waals surface area contributed by atoms with Crippen molar-refractivity contribution in [1.82, 2.24) is 9.78 Å². The van der Waals surface area contributed by atoms with Gasteiger partial charge in [-0.15, -0.1) is 0 Å². The van der Waals surface area contributed by atoms with Gasteiger partial charge in [0.1, 0.15) is 0 Å². The van der Waals surface area contributed by atoms with E-state index in [-0.39, 0.29) is 37.5 Å². The van der Waals surface area contributed by atoms with Crippen LogP contribution in [0.25, 0.3) is 0 Å². The molecule has 1 fully saturated rings. The van der Waals surface area contributed by atoms with Gasteiger partial charge in [-0.25, -0.2) is 8.78 Å². The summed E-state index contributed by atoms with van der Waals surface area (Å²) in [5, 5.41) is 6.78. The molecule has 0 radical (unpaired) electrons. The molecule has 2 rings (SSSR count). The van der Waals surface area contributed by atoms with Crippen LogP contribution < -0.4 is 11.1 Å². The number of aryl methyl sites for hydroxylation is 2. The molecule has 3 N–H and O–H groups in total. The molecule has 0 aromatic carbocycles. The molecule has 0 spiro atoms. The number of hydrogen-bond acceptors (Lipinski definition) is 3. The average molecular weight is 272 g/mol. The normalized spacial score (nSPS) is 19.4. The van der Waals surface area contributed by atoms with E-state index in [1.165, 1.54) is 4.68 Å². The van der Waals surface area contributed by atoms with Crippen molar-refractivity contribution >= 4 is 17.4 Å². The Hall–Kier alpha value is -1.66. The lowest BCUT2D eigenvalue weighted by Crippen LogP contribution is -2.32. The van der Waals surface area contributed by atoms with Crippen LogP contribution >= 0.6 is 0 Å². The van der Waals surface area contributed by atoms with Crippen LogP contribution in [0.3, 0.4) is 0 Å². The number of halogens is 2. The number of nitrogens with zero attached hydrogens (tertiary/aromatic N) is 2. The summed E-state index contributed by atoms with van der Waals surface area (Å²) in [7, 11) is 1.67. The molecule has 1 aromatic rings. The van der Waals surface area contributed by atoms with Crippen molar-refractivity contribution in [3.63, 3.8) is 0 Å². The van der Waals surface area contributed by atoms with E-state index in [0.29, 0.717) is 17.2 Å². The van der Waals surface area contributed by atoms with Crippen LogP contribution in [0.4, 0.5) is 20.3 Å². The fraction of sp³-hybridized carbons (Fsp3) is 0.667. The third kappa shape index (κ3) is 2.85. The molecule has 1 aliphatic carbocycles. The van der Waals surface area contributed by atoms with Crippen molar-refractivity contribution in [3.05, 3.63) is 5.69 Å². The van der Waals surface area contributed by atoms with Gasteiger partial charge in [0.25, 0.3) is 0 Å². The molecule has 0 atom stereocenters. The van der Waals surface area contributed by atoms with Gasteiger partial charge in [0.05, 0.1) is 11.4 Å². The summed E-state index contributed by atoms with van der Waals surface area (Å²) in [5.41, 5.74) is 6.85. The molecule has 1 aromatic heterocycles. The fourth-order valence-corrected chi connectivity index (χ4v) is 2.34. The maximum Gasteiger partial charge on any atom is 0.248 e. The summed E-state index contributed by atoms with van der Waals surface area (Å²) in [5.74, 6) is -2.84. The maximum atomic E-state index is 13.0. The van der Waals surface area contributed by atoms with E-state index >= 15 is 0 Å². The molecule has 0 bridgehead atoms. The van der Waals surface area contributed by atoms with Crippen LogP contribution in [-0.4, -0.2) is 21.6 Å². The Morgan fingerprint density at radius 3 is 2.53 bits per heavy atom. The highest BCUT2D eigenvalue weighted by Crippen LogP contribution is 2.36. The third-order valence-electron chi connectivity index (χ3n) is 3.60. The monoisotopic (exact) mass is 272 g/mol. The summed E-state index contributed by atoms with van der Waals surface area (Å²) in [6, 6.07) is 0. The number of rotatable bonds is 2. The number of hydrogen-bond donors (Lipinski definition) is 2. The number of nitrogens with one attached hydrogen (secondary N) is 1. The van der Waals surface area contributed by atoms with Crippen LogP contribution in [0.2, 0.25) is 0 Å². The highest BCUT2D eigenvalue weighted by atomic mass is 19.3. The summed E-state index contributed by atoms with van der Waals surface area (Å²) in [6.07, 6.45) is -0.0545. The first-order valence-corrected chi connectivity index (χ1v) is 6.28. The Bertz CT molecular complexity index is 488. The van der Waals surface area contributed by atoms with Crippen LogP contribution in [-0.2, 0) is 11.8 Å². The average Bonchev–Trinajstić information content (AvgIpc) is 2.56. The lowest BCUT2D eigenvalue weighted by Gasteiger charge is -2.27. The second-order valence-corrected chi connectivity index (χ2v) is 5.09. The van der Waals surface area contributed by atoms with E-state index in [1.54, 1.807) is 14.0 Å². The summed E-state index contributed by atoms with van der Waals surface area (Å²) >= 11 is 0. The first kappa shape index (κ1) is 13.8. The van der Waals surface area contributed by atoms with Gasteiger partial charge < -0.3 is 11.1 Å². The number of nitrogen functional groups attached to an aromatic ring is 1. The van der Waals surface area contributed by atoms with Crippen LogP contribution in [0, 0.1) is 12.8 Å². The molecule has 1 aliphatic rings. The molecular formula is C12H18F2N4O. The zero-order valence-corrected chi connectivity index (χ0v) is 11.0. The molecule has 1 amide bonds. The van der Waals surface area contributed by atoms with Crippen LogP contribution in [0.15, 0.2) is 0 Å². The predicted molar refractivity (Wildman–Crippen MR) is 67.9 cm³/mol. The van der Waals surface area contributed by atoms with Gasteiger partial charge in [0.2, 0.25) is 11.8 Å². The Morgan fingerprint density at radius 2 is 2.05 bits per heavy atom. The minimum absolute atomic E-state index is 0.204. The summed E-state index contributed by atoms with van der Waals surface area (Å²) < 4.78 is 27.6. The van der Waals surface area contributed by atoms with E-state index in [2.05, 4.69) is 10.4 Å². The van der Waals surface area contributed by atoms with Crippen LogP contribution in [0.5, 0.6) is 0 Å². The van der Waals surface area contributed by atoms with Gasteiger partial charge in [0, 0.05) is 25.8 Å². The van der Waals surface area contributed by atoms with Crippen molar-refractivity contribution in [3.8, 4) is 0 Å². The first-order chi connectivity index (χ1) is 8.80. The van der Waals surface area contributed by atoms with Gasteiger partial charge in [-0.1, -0.05) is 0 Å². The number of anilines is 2. The quantitative estimate of drug-likeness (QED) is 0.865. The molecule has 1 saturated carbocycles. The Balaban J connectivity index is 2.02. The molecule has 0 aliphatic heterocycles. The molecule has 5 nitrogen and oxygen atoms in total. The van der Waals surface area contributed by atoms with Gasteiger partial charge >= 0.3 is 0 Å². The van der Waals surface area contributed by atoms with Gasteiger partial charge in [-0.05, 0) is 19.8 Å². The standard InChI is InChI=1S/C12H18F2N4O/c1-7-9(15)10(18(2)17-7)16-11(19)8-3-5-12(13,14)6-4-8/h8H,3-6,15H2,1-2H3,(H,16,19). The van der Waals surface area contributed by atoms with E-state index < -0.39 is 5.92 Å². The highest BCUT2D eigenvalue weighted by molar-refractivity contribution is 5.94. The first-order valence-electron chi connectivity index (χ1n) is 6.28. The minimum Gasteiger partial charge on any atom is -0.394 e. The van der Waals surface area contributed by atoms with E-state index in [9.17, 15) is 13.6 Å². The SMILES string of the molecule is Cc1nn(C)c(NC(=O)C2CCC(F)(F)CC2)c1N. The van der Waals surface area contributed by atoms with Crippen molar-refractivity contribution in [2.45, 2.75) is 38.5 Å². The molecule has 19 heavy (non-hydrogen) atoms. The maximum absolute atomic E-state index is 13.0. The fourth-order valence-electron chi connectivity index (χ4n) is 2.34. The van der Waals surface area contributed by atoms with Gasteiger partial charge in [-0.3, -0.25) is 9.48 Å². The number of alkyl halides is 2. The second-order valence-electron chi connectivity index (χ2n) is 5.09. The third-order valence-corrected chi connectivity index (χ3v) is 3.60. The van der Waals surface area contributed by atoms with Crippen molar-refractivity contribution < 1.29 is 13.6 Å². The minimum atomic E-state index is -2.63. The molecular weight excluding hydrogens is 254 g/mol. The lowest BCUT2D eigenvalue weighted by atomic mass is 9.86. The van der Waals surface area contributed by atoms with Gasteiger partial charge in [-0.2, -0.15) is 5.10 Å². The lowest BCUT2D eigenvalue weighted by molar-refractivity contribution is -0.124. The number of nitrogens with two attached hydrogens (primary N) is 1. The topological polar surface area (TPSA) is 72.9 Å². The van der Waals surface area contributed by atoms with Crippen molar-refractivity contribution in [2.75, 3.05) is 11.1 Å². The molecule has 106 valence electrons. The highest BCUT2D eigenvalue weighted by Gasteiger charge is 2.37. The summed E-state index contributed by atoms with van der Waals surface area (Å²) in [4.78, 5) is 12.0. The van der Waals surface area contributed by atoms with Gasteiger partial charge in [0.15, 0.2) is 5.82 Å². The Kier molecular flexibility index (Phi) is 3.47. The van der Waals surface area contributed by atoms with E-state index in [0.717, 1.165) is 0 Å². The van der Waals surface area contributed by atoms with Crippen LogP contribution in [0.1, 0.15) is 31.4 Å². The molecule has 1 heterocycles. The Labute approximate surface area is 110 Å². The molecule has 0 saturated heterocycles. The molecule has 7 heteroatoms. The number of carbonyl (C=O) groups is 1. The second kappa shape index (κ2) is 4.79. The molecule has 0 unspecified atom stereocenters. The predicted octanol–water partition coefficient (Wildman–Crippen LogP) is 2.07.